The predicted octanol–water partition coefficient (Wildman–Crippen LogP) is 4.04. The van der Waals surface area contributed by atoms with Gasteiger partial charge in [0.05, 0.1) is 16.8 Å². The second-order valence-electron chi connectivity index (χ2n) is 4.89. The van der Waals surface area contributed by atoms with Crippen LogP contribution in [0, 0.1) is 18.3 Å². The summed E-state index contributed by atoms with van der Waals surface area (Å²) in [5.74, 6) is 2.90. The fraction of sp³-hybridized carbons (Fsp3) is 0.235. The first-order chi connectivity index (χ1) is 10.6. The average Bonchev–Trinajstić information content (AvgIpc) is 3.22. The highest BCUT2D eigenvalue weighted by molar-refractivity contribution is 9.11. The van der Waals surface area contributed by atoms with Crippen LogP contribution in [0.15, 0.2) is 39.5 Å². The van der Waals surface area contributed by atoms with Gasteiger partial charge in [-0.3, -0.25) is 4.79 Å². The van der Waals surface area contributed by atoms with Gasteiger partial charge in [-0.1, -0.05) is 18.1 Å². The van der Waals surface area contributed by atoms with Gasteiger partial charge >= 0.3 is 5.97 Å². The van der Waals surface area contributed by atoms with Crippen LogP contribution in [-0.2, 0) is 9.53 Å². The number of para-hydroxylation sites is 1. The minimum atomic E-state index is -0.0766. The molecule has 0 radical (unpaired) electrons. The van der Waals surface area contributed by atoms with Gasteiger partial charge in [0.15, 0.2) is 0 Å². The summed E-state index contributed by atoms with van der Waals surface area (Å²) in [6, 6.07) is 9.41. The maximum atomic E-state index is 11.1. The third kappa shape index (κ3) is 4.12. The molecule has 22 heavy (non-hydrogen) atoms. The van der Waals surface area contributed by atoms with E-state index >= 15 is 0 Å². The van der Waals surface area contributed by atoms with Gasteiger partial charge in [0.2, 0.25) is 0 Å². The van der Waals surface area contributed by atoms with E-state index in [0.29, 0.717) is 11.6 Å². The van der Waals surface area contributed by atoms with Crippen molar-refractivity contribution in [2.24, 2.45) is 5.92 Å². The molecule has 1 fully saturated rings. The van der Waals surface area contributed by atoms with Gasteiger partial charge in [-0.05, 0) is 57.4 Å². The Labute approximate surface area is 142 Å². The standard InChI is InChI=1S/C9H9BrO2S.C8H7N/c1-12-9(11)7-3-6(7)5-2-8(10)13-4-5;1-2-7-5-3-4-6-8(7)9/h2,4,6-7H,3H2,1H3;1,3-6H,9H2. The molecule has 1 heterocycles. The number of carbonyl (C=O) groups excluding carboxylic acids is 1. The lowest BCUT2D eigenvalue weighted by Crippen LogP contribution is -2.03. The van der Waals surface area contributed by atoms with Gasteiger partial charge in [-0.2, -0.15) is 0 Å². The first kappa shape index (κ1) is 16.6. The van der Waals surface area contributed by atoms with Crippen molar-refractivity contribution < 1.29 is 9.53 Å². The average molecular weight is 378 g/mol. The van der Waals surface area contributed by atoms with Crippen LogP contribution in [-0.4, -0.2) is 13.1 Å². The SMILES string of the molecule is C#Cc1ccccc1N.COC(=O)C1CC1c1csc(Br)c1. The molecule has 114 valence electrons. The normalized spacial score (nSPS) is 18.6. The summed E-state index contributed by atoms with van der Waals surface area (Å²) in [4.78, 5) is 11.1. The molecule has 0 spiro atoms. The lowest BCUT2D eigenvalue weighted by Gasteiger charge is -1.95. The van der Waals surface area contributed by atoms with Crippen molar-refractivity contribution in [1.82, 2.24) is 0 Å². The van der Waals surface area contributed by atoms with Gasteiger partial charge in [-0.25, -0.2) is 0 Å². The van der Waals surface area contributed by atoms with E-state index in [1.165, 1.54) is 12.7 Å². The topological polar surface area (TPSA) is 52.3 Å². The van der Waals surface area contributed by atoms with Crippen molar-refractivity contribution in [1.29, 1.82) is 0 Å². The number of benzene rings is 1. The monoisotopic (exact) mass is 377 g/mol. The van der Waals surface area contributed by atoms with Crippen LogP contribution in [0.2, 0.25) is 0 Å². The van der Waals surface area contributed by atoms with Crippen molar-refractivity contribution in [3.63, 3.8) is 0 Å². The summed E-state index contributed by atoms with van der Waals surface area (Å²) in [6.45, 7) is 0. The van der Waals surface area contributed by atoms with E-state index < -0.39 is 0 Å². The molecule has 0 aliphatic heterocycles. The first-order valence-electron chi connectivity index (χ1n) is 6.69. The molecule has 2 unspecified atom stereocenters. The molecule has 1 aromatic heterocycles. The van der Waals surface area contributed by atoms with Crippen LogP contribution in [0.5, 0.6) is 0 Å². The van der Waals surface area contributed by atoms with Crippen molar-refractivity contribution in [3.05, 3.63) is 50.6 Å². The minimum Gasteiger partial charge on any atom is -0.469 e. The molecule has 3 rings (SSSR count). The highest BCUT2D eigenvalue weighted by Crippen LogP contribution is 2.49. The minimum absolute atomic E-state index is 0.0766. The lowest BCUT2D eigenvalue weighted by molar-refractivity contribution is -0.142. The summed E-state index contributed by atoms with van der Waals surface area (Å²) >= 11 is 5.06. The smallest absolute Gasteiger partial charge is 0.309 e. The third-order valence-electron chi connectivity index (χ3n) is 3.43. The molecule has 2 atom stereocenters. The number of hydrogen-bond acceptors (Lipinski definition) is 4. The molecule has 5 heteroatoms. The molecule has 1 aromatic carbocycles. The van der Waals surface area contributed by atoms with E-state index in [1.807, 2.05) is 18.2 Å². The Morgan fingerprint density at radius 3 is 2.73 bits per heavy atom. The fourth-order valence-corrected chi connectivity index (χ4v) is 3.36. The Hall–Kier alpha value is -1.77. The number of rotatable bonds is 2. The number of nitrogen functional groups attached to an aromatic ring is 1. The molecule has 0 amide bonds. The number of terminal acetylenes is 1. The zero-order valence-corrected chi connectivity index (χ0v) is 14.5. The van der Waals surface area contributed by atoms with E-state index in [9.17, 15) is 4.79 Å². The number of methoxy groups -OCH3 is 1. The summed E-state index contributed by atoms with van der Waals surface area (Å²) < 4.78 is 5.81. The van der Waals surface area contributed by atoms with E-state index in [2.05, 4.69) is 38.0 Å². The maximum absolute atomic E-state index is 11.1. The Bertz CT molecular complexity index is 705. The lowest BCUT2D eigenvalue weighted by atomic mass is 10.2. The molecular formula is C17H16BrNO2S. The highest BCUT2D eigenvalue weighted by Gasteiger charge is 2.45. The van der Waals surface area contributed by atoms with Gasteiger partial charge in [0, 0.05) is 11.3 Å². The zero-order chi connectivity index (χ0) is 16.1. The molecule has 2 aromatic rings. The van der Waals surface area contributed by atoms with Crippen LogP contribution in [0.4, 0.5) is 5.69 Å². The number of hydrogen-bond donors (Lipinski definition) is 1. The summed E-state index contributed by atoms with van der Waals surface area (Å²) in [5.41, 5.74) is 8.17. The third-order valence-corrected chi connectivity index (χ3v) is 4.95. The highest BCUT2D eigenvalue weighted by atomic mass is 79.9. The summed E-state index contributed by atoms with van der Waals surface area (Å²) in [6.07, 6.45) is 6.06. The predicted molar refractivity (Wildman–Crippen MR) is 93.7 cm³/mol. The maximum Gasteiger partial charge on any atom is 0.309 e. The van der Waals surface area contributed by atoms with Crippen molar-refractivity contribution in [3.8, 4) is 12.3 Å². The van der Waals surface area contributed by atoms with Crippen LogP contribution >= 0.6 is 27.3 Å². The van der Waals surface area contributed by atoms with Crippen molar-refractivity contribution in [2.45, 2.75) is 12.3 Å². The Balaban J connectivity index is 0.000000172. The van der Waals surface area contributed by atoms with Crippen molar-refractivity contribution >= 4 is 38.9 Å². The number of ether oxygens (including phenoxy) is 1. The number of nitrogens with two attached hydrogens (primary N) is 1. The second-order valence-corrected chi connectivity index (χ2v) is 7.18. The van der Waals surface area contributed by atoms with E-state index in [1.54, 1.807) is 17.4 Å². The van der Waals surface area contributed by atoms with Crippen molar-refractivity contribution in [2.75, 3.05) is 12.8 Å². The number of carbonyl (C=O) groups is 1. The van der Waals surface area contributed by atoms with E-state index in [4.69, 9.17) is 12.2 Å². The van der Waals surface area contributed by atoms with E-state index in [-0.39, 0.29) is 11.9 Å². The van der Waals surface area contributed by atoms with Gasteiger partial charge < -0.3 is 10.5 Å². The molecule has 1 saturated carbocycles. The van der Waals surface area contributed by atoms with Gasteiger partial charge in [0.25, 0.3) is 0 Å². The fourth-order valence-electron chi connectivity index (χ4n) is 2.12. The number of anilines is 1. The number of thiophene rings is 1. The molecule has 1 aliphatic rings. The molecule has 2 N–H and O–H groups in total. The molecule has 1 aliphatic carbocycles. The van der Waals surface area contributed by atoms with Crippen LogP contribution in [0.25, 0.3) is 0 Å². The Morgan fingerprint density at radius 2 is 2.23 bits per heavy atom. The molecular weight excluding hydrogens is 362 g/mol. The number of esters is 1. The Morgan fingerprint density at radius 1 is 1.50 bits per heavy atom. The molecule has 0 saturated heterocycles. The zero-order valence-electron chi connectivity index (χ0n) is 12.1. The molecule has 3 nitrogen and oxygen atoms in total. The van der Waals surface area contributed by atoms with E-state index in [0.717, 1.165) is 15.8 Å². The van der Waals surface area contributed by atoms with Gasteiger partial charge in [-0.15, -0.1) is 17.8 Å². The van der Waals surface area contributed by atoms with Crippen LogP contribution < -0.4 is 5.73 Å². The summed E-state index contributed by atoms with van der Waals surface area (Å²) in [7, 11) is 1.45. The second kappa shape index (κ2) is 7.48. The largest absolute Gasteiger partial charge is 0.469 e. The quantitative estimate of drug-likeness (QED) is 0.488. The van der Waals surface area contributed by atoms with Gasteiger partial charge in [0.1, 0.15) is 0 Å². The van der Waals surface area contributed by atoms with Crippen LogP contribution in [0.1, 0.15) is 23.5 Å². The Kier molecular flexibility index (Phi) is 5.64. The summed E-state index contributed by atoms with van der Waals surface area (Å²) in [5, 5.41) is 2.09. The van der Waals surface area contributed by atoms with Crippen LogP contribution in [0.3, 0.4) is 0 Å². The number of halogens is 1. The first-order valence-corrected chi connectivity index (χ1v) is 8.37. The molecule has 0 bridgehead atoms.